The van der Waals surface area contributed by atoms with Crippen LogP contribution in [0, 0.1) is 5.92 Å². The predicted molar refractivity (Wildman–Crippen MR) is 49.6 cm³/mol. The maximum absolute atomic E-state index is 10.7. The zero-order valence-corrected chi connectivity index (χ0v) is 8.16. The molecule has 0 spiro atoms. The third-order valence-electron chi connectivity index (χ3n) is 2.37. The quantitative estimate of drug-likeness (QED) is 0.662. The molecule has 0 bridgehead atoms. The van der Waals surface area contributed by atoms with E-state index in [0.29, 0.717) is 13.0 Å². The molecule has 1 aliphatic rings. The molecule has 1 fully saturated rings. The van der Waals surface area contributed by atoms with Crippen molar-refractivity contribution in [3.8, 4) is 0 Å². The van der Waals surface area contributed by atoms with Crippen molar-refractivity contribution < 1.29 is 14.6 Å². The molecule has 0 aromatic carbocycles. The van der Waals surface area contributed by atoms with Gasteiger partial charge in [-0.2, -0.15) is 0 Å². The molecule has 76 valence electrons. The van der Waals surface area contributed by atoms with Gasteiger partial charge in [0, 0.05) is 6.61 Å². The average Bonchev–Trinajstić information content (AvgIpc) is 2.86. The number of hydrogen-bond acceptors (Lipinski definition) is 2. The van der Waals surface area contributed by atoms with Gasteiger partial charge in [0.25, 0.3) is 0 Å². The number of carboxylic acids is 1. The number of rotatable bonds is 7. The van der Waals surface area contributed by atoms with Gasteiger partial charge in [0.2, 0.25) is 0 Å². The highest BCUT2D eigenvalue weighted by Crippen LogP contribution is 2.32. The van der Waals surface area contributed by atoms with Crippen molar-refractivity contribution in [1.82, 2.24) is 0 Å². The minimum atomic E-state index is -0.822. The first-order valence-electron chi connectivity index (χ1n) is 5.08. The lowest BCUT2D eigenvalue weighted by Gasteiger charge is -2.11. The van der Waals surface area contributed by atoms with E-state index < -0.39 is 12.1 Å². The van der Waals surface area contributed by atoms with Crippen LogP contribution in [0.3, 0.4) is 0 Å². The molecule has 0 aromatic rings. The van der Waals surface area contributed by atoms with Gasteiger partial charge in [-0.1, -0.05) is 26.2 Å². The number of ether oxygens (including phenoxy) is 1. The fraction of sp³-hybridized carbons (Fsp3) is 0.900. The van der Waals surface area contributed by atoms with Crippen molar-refractivity contribution >= 4 is 5.97 Å². The van der Waals surface area contributed by atoms with Crippen molar-refractivity contribution in [3.63, 3.8) is 0 Å². The molecule has 0 saturated heterocycles. The summed E-state index contributed by atoms with van der Waals surface area (Å²) in [6.07, 6.45) is 4.54. The van der Waals surface area contributed by atoms with E-state index in [4.69, 9.17) is 9.84 Å². The molecule has 1 atom stereocenters. The monoisotopic (exact) mass is 186 g/mol. The number of carboxylic acid groups (broad SMARTS) is 1. The highest BCUT2D eigenvalue weighted by atomic mass is 16.5. The molecule has 1 unspecified atom stereocenters. The van der Waals surface area contributed by atoms with Gasteiger partial charge >= 0.3 is 5.97 Å². The van der Waals surface area contributed by atoms with Crippen LogP contribution in [-0.2, 0) is 9.53 Å². The van der Waals surface area contributed by atoms with Gasteiger partial charge in [-0.15, -0.1) is 0 Å². The zero-order valence-electron chi connectivity index (χ0n) is 8.16. The normalized spacial score (nSPS) is 18.5. The van der Waals surface area contributed by atoms with E-state index in [-0.39, 0.29) is 0 Å². The molecule has 0 aromatic heterocycles. The van der Waals surface area contributed by atoms with Crippen LogP contribution < -0.4 is 0 Å². The average molecular weight is 186 g/mol. The standard InChI is InChI=1S/C10H18O3/c1-2-3-9(10(11)12)13-7-6-8-4-5-8/h8-9H,2-7H2,1H3,(H,11,12). The SMILES string of the molecule is CCCC(OCCC1CC1)C(=O)O. The van der Waals surface area contributed by atoms with E-state index in [2.05, 4.69) is 0 Å². The third-order valence-corrected chi connectivity index (χ3v) is 2.37. The van der Waals surface area contributed by atoms with E-state index in [1.165, 1.54) is 12.8 Å². The van der Waals surface area contributed by atoms with Gasteiger partial charge in [-0.25, -0.2) is 4.79 Å². The lowest BCUT2D eigenvalue weighted by atomic mass is 10.2. The maximum atomic E-state index is 10.7. The Balaban J connectivity index is 2.08. The van der Waals surface area contributed by atoms with Crippen LogP contribution >= 0.6 is 0 Å². The summed E-state index contributed by atoms with van der Waals surface area (Å²) in [5.74, 6) is -0.00582. The van der Waals surface area contributed by atoms with Crippen LogP contribution in [-0.4, -0.2) is 23.8 Å². The molecule has 0 amide bonds. The molecular weight excluding hydrogens is 168 g/mol. The number of aliphatic carboxylic acids is 1. The molecule has 13 heavy (non-hydrogen) atoms. The van der Waals surface area contributed by atoms with E-state index in [1.807, 2.05) is 6.92 Å². The Bertz CT molecular complexity index is 164. The van der Waals surface area contributed by atoms with E-state index >= 15 is 0 Å². The van der Waals surface area contributed by atoms with Crippen LogP contribution in [0.5, 0.6) is 0 Å². The molecule has 1 rings (SSSR count). The second-order valence-electron chi connectivity index (χ2n) is 3.72. The number of hydrogen-bond donors (Lipinski definition) is 1. The molecule has 3 nitrogen and oxygen atoms in total. The first-order chi connectivity index (χ1) is 6.24. The highest BCUT2D eigenvalue weighted by molar-refractivity contribution is 5.72. The van der Waals surface area contributed by atoms with Crippen LogP contribution in [0.2, 0.25) is 0 Å². The third kappa shape index (κ3) is 4.27. The second-order valence-corrected chi connectivity index (χ2v) is 3.72. The Kier molecular flexibility index (Phi) is 4.22. The Morgan fingerprint density at radius 2 is 2.31 bits per heavy atom. The van der Waals surface area contributed by atoms with Gasteiger partial charge in [0.1, 0.15) is 0 Å². The summed E-state index contributed by atoms with van der Waals surface area (Å²) >= 11 is 0. The maximum Gasteiger partial charge on any atom is 0.332 e. The lowest BCUT2D eigenvalue weighted by molar-refractivity contribution is -0.151. The molecule has 1 saturated carbocycles. The molecule has 1 aliphatic carbocycles. The topological polar surface area (TPSA) is 46.5 Å². The fourth-order valence-corrected chi connectivity index (χ4v) is 1.32. The van der Waals surface area contributed by atoms with Gasteiger partial charge in [-0.05, 0) is 18.8 Å². The Morgan fingerprint density at radius 3 is 2.77 bits per heavy atom. The second kappa shape index (κ2) is 5.22. The summed E-state index contributed by atoms with van der Waals surface area (Å²) in [4.78, 5) is 10.7. The van der Waals surface area contributed by atoms with Gasteiger partial charge in [0.05, 0.1) is 0 Å². The van der Waals surface area contributed by atoms with Crippen molar-refractivity contribution in [2.75, 3.05) is 6.61 Å². The summed E-state index contributed by atoms with van der Waals surface area (Å²) in [6, 6.07) is 0. The van der Waals surface area contributed by atoms with Gasteiger partial charge in [-0.3, -0.25) is 0 Å². The van der Waals surface area contributed by atoms with E-state index in [0.717, 1.165) is 18.8 Å². The first-order valence-corrected chi connectivity index (χ1v) is 5.08. The van der Waals surface area contributed by atoms with Crippen molar-refractivity contribution in [2.45, 2.75) is 45.1 Å². The highest BCUT2D eigenvalue weighted by Gasteiger charge is 2.22. The largest absolute Gasteiger partial charge is 0.479 e. The summed E-state index contributed by atoms with van der Waals surface area (Å²) < 4.78 is 5.30. The molecule has 1 N–H and O–H groups in total. The summed E-state index contributed by atoms with van der Waals surface area (Å²) in [5.41, 5.74) is 0. The first kappa shape index (κ1) is 10.5. The van der Waals surface area contributed by atoms with Gasteiger partial charge < -0.3 is 9.84 Å². The lowest BCUT2D eigenvalue weighted by Crippen LogP contribution is -2.24. The Morgan fingerprint density at radius 1 is 1.62 bits per heavy atom. The van der Waals surface area contributed by atoms with E-state index in [1.54, 1.807) is 0 Å². The summed E-state index contributed by atoms with van der Waals surface area (Å²) in [6.45, 7) is 2.59. The Labute approximate surface area is 79.1 Å². The van der Waals surface area contributed by atoms with Crippen molar-refractivity contribution in [2.24, 2.45) is 5.92 Å². The summed E-state index contributed by atoms with van der Waals surface area (Å²) in [5, 5.41) is 8.76. The van der Waals surface area contributed by atoms with Gasteiger partial charge in [0.15, 0.2) is 6.10 Å². The summed E-state index contributed by atoms with van der Waals surface area (Å²) in [7, 11) is 0. The van der Waals surface area contributed by atoms with Crippen LogP contribution in [0.1, 0.15) is 39.0 Å². The molecule has 0 radical (unpaired) electrons. The fourth-order valence-electron chi connectivity index (χ4n) is 1.32. The molecular formula is C10H18O3. The van der Waals surface area contributed by atoms with E-state index in [9.17, 15) is 4.79 Å². The van der Waals surface area contributed by atoms with Crippen molar-refractivity contribution in [1.29, 1.82) is 0 Å². The minimum absolute atomic E-state index is 0.580. The van der Waals surface area contributed by atoms with Crippen molar-refractivity contribution in [3.05, 3.63) is 0 Å². The molecule has 0 heterocycles. The molecule has 0 aliphatic heterocycles. The smallest absolute Gasteiger partial charge is 0.332 e. The minimum Gasteiger partial charge on any atom is -0.479 e. The Hall–Kier alpha value is -0.570. The molecule has 3 heteroatoms. The number of carbonyl (C=O) groups is 1. The van der Waals surface area contributed by atoms with Crippen LogP contribution in [0.15, 0.2) is 0 Å². The zero-order chi connectivity index (χ0) is 9.68. The predicted octanol–water partition coefficient (Wildman–Crippen LogP) is 2.06. The van der Waals surface area contributed by atoms with Crippen LogP contribution in [0.25, 0.3) is 0 Å². The van der Waals surface area contributed by atoms with Crippen LogP contribution in [0.4, 0.5) is 0 Å².